The zero-order valence-electron chi connectivity index (χ0n) is 12.8. The van der Waals surface area contributed by atoms with Crippen molar-refractivity contribution >= 4 is 6.03 Å². The van der Waals surface area contributed by atoms with Gasteiger partial charge in [-0.15, -0.1) is 0 Å². The van der Waals surface area contributed by atoms with Gasteiger partial charge in [0.15, 0.2) is 0 Å². The smallest absolute Gasteiger partial charge is 0.320 e. The molecule has 118 valence electrons. The van der Waals surface area contributed by atoms with E-state index < -0.39 is 0 Å². The molecule has 0 aromatic carbocycles. The second kappa shape index (κ2) is 5.43. The summed E-state index contributed by atoms with van der Waals surface area (Å²) in [4.78, 5) is 16.3. The van der Waals surface area contributed by atoms with Crippen LogP contribution in [0, 0.1) is 11.8 Å². The summed E-state index contributed by atoms with van der Waals surface area (Å²) in [6.07, 6.45) is 6.06. The summed E-state index contributed by atoms with van der Waals surface area (Å²) < 4.78 is 11.9. The van der Waals surface area contributed by atoms with Gasteiger partial charge in [0.05, 0.1) is 19.7 Å². The average molecular weight is 294 g/mol. The molecule has 21 heavy (non-hydrogen) atoms. The Labute approximate surface area is 126 Å². The van der Waals surface area contributed by atoms with E-state index in [1.54, 1.807) is 0 Å². The summed E-state index contributed by atoms with van der Waals surface area (Å²) in [5, 5.41) is 0. The molecule has 0 bridgehead atoms. The molecular weight excluding hydrogens is 268 g/mol. The fraction of sp³-hybridized carbons (Fsp3) is 0.938. The molecule has 4 fully saturated rings. The van der Waals surface area contributed by atoms with Gasteiger partial charge in [0.2, 0.25) is 0 Å². The first-order chi connectivity index (χ1) is 10.3. The topological polar surface area (TPSA) is 42.0 Å². The molecule has 2 amide bonds. The molecule has 3 aliphatic heterocycles. The lowest BCUT2D eigenvalue weighted by Gasteiger charge is -2.50. The third kappa shape index (κ3) is 2.66. The maximum atomic E-state index is 12.4. The highest BCUT2D eigenvalue weighted by Crippen LogP contribution is 2.41. The zero-order valence-corrected chi connectivity index (χ0v) is 12.8. The Morgan fingerprint density at radius 2 is 1.86 bits per heavy atom. The number of carbonyl (C=O) groups is 1. The van der Waals surface area contributed by atoms with E-state index in [9.17, 15) is 4.79 Å². The lowest BCUT2D eigenvalue weighted by atomic mass is 9.81. The van der Waals surface area contributed by atoms with Crippen LogP contribution < -0.4 is 0 Å². The van der Waals surface area contributed by atoms with Crippen LogP contribution in [0.25, 0.3) is 0 Å². The number of nitrogens with zero attached hydrogens (tertiary/aromatic N) is 2. The molecule has 1 atom stereocenters. The highest BCUT2D eigenvalue weighted by atomic mass is 16.5. The third-order valence-electron chi connectivity index (χ3n) is 5.53. The summed E-state index contributed by atoms with van der Waals surface area (Å²) in [6.45, 7) is 5.93. The molecule has 3 saturated heterocycles. The van der Waals surface area contributed by atoms with Crippen LogP contribution in [0.2, 0.25) is 0 Å². The Balaban J connectivity index is 1.27. The van der Waals surface area contributed by atoms with Crippen LogP contribution in [0.3, 0.4) is 0 Å². The maximum absolute atomic E-state index is 12.4. The van der Waals surface area contributed by atoms with Gasteiger partial charge in [0, 0.05) is 32.2 Å². The van der Waals surface area contributed by atoms with E-state index in [0.717, 1.165) is 71.2 Å². The van der Waals surface area contributed by atoms with Gasteiger partial charge in [-0.1, -0.05) is 0 Å². The molecule has 1 aliphatic carbocycles. The minimum absolute atomic E-state index is 0.0983. The SMILES string of the molecule is O=C(N1CCCC1)N1CC2(C1)OCCC2COCC1CC1. The first kappa shape index (κ1) is 13.8. The summed E-state index contributed by atoms with van der Waals surface area (Å²) in [5.41, 5.74) is -0.0983. The fourth-order valence-electron chi connectivity index (χ4n) is 3.88. The van der Waals surface area contributed by atoms with Gasteiger partial charge in [-0.3, -0.25) is 0 Å². The Hall–Kier alpha value is -0.810. The molecule has 4 aliphatic rings. The molecule has 3 heterocycles. The molecule has 1 spiro atoms. The lowest BCUT2D eigenvalue weighted by molar-refractivity contribution is -0.129. The number of ether oxygens (including phenoxy) is 2. The van der Waals surface area contributed by atoms with Gasteiger partial charge in [0.1, 0.15) is 5.60 Å². The van der Waals surface area contributed by atoms with Crippen molar-refractivity contribution in [2.45, 2.75) is 37.7 Å². The molecule has 0 radical (unpaired) electrons. The Kier molecular flexibility index (Phi) is 3.58. The summed E-state index contributed by atoms with van der Waals surface area (Å²) in [6, 6.07) is 0.214. The van der Waals surface area contributed by atoms with Crippen LogP contribution >= 0.6 is 0 Å². The second-order valence-corrected chi connectivity index (χ2v) is 7.21. The largest absolute Gasteiger partial charge is 0.381 e. The first-order valence-corrected chi connectivity index (χ1v) is 8.52. The molecule has 5 nitrogen and oxygen atoms in total. The van der Waals surface area contributed by atoms with E-state index in [2.05, 4.69) is 0 Å². The second-order valence-electron chi connectivity index (χ2n) is 7.21. The number of amides is 2. The van der Waals surface area contributed by atoms with Crippen molar-refractivity contribution in [3.05, 3.63) is 0 Å². The molecule has 5 heteroatoms. The zero-order chi connectivity index (χ0) is 14.3. The Morgan fingerprint density at radius 1 is 1.10 bits per heavy atom. The minimum Gasteiger partial charge on any atom is -0.381 e. The Bertz CT molecular complexity index is 398. The van der Waals surface area contributed by atoms with Gasteiger partial charge >= 0.3 is 6.03 Å². The van der Waals surface area contributed by atoms with Crippen molar-refractivity contribution in [2.75, 3.05) is 46.0 Å². The standard InChI is InChI=1S/C16H26N2O3/c19-15(17-6-1-2-7-17)18-11-16(12-18)14(5-8-21-16)10-20-9-13-3-4-13/h13-14H,1-12H2. The highest BCUT2D eigenvalue weighted by molar-refractivity contribution is 5.76. The third-order valence-corrected chi connectivity index (χ3v) is 5.53. The number of likely N-dealkylation sites (tertiary alicyclic amines) is 2. The summed E-state index contributed by atoms with van der Waals surface area (Å²) in [5.74, 6) is 1.29. The van der Waals surface area contributed by atoms with Crippen LogP contribution in [0.5, 0.6) is 0 Å². The van der Waals surface area contributed by atoms with Crippen LogP contribution in [0.4, 0.5) is 4.79 Å². The van der Waals surface area contributed by atoms with Crippen molar-refractivity contribution in [1.29, 1.82) is 0 Å². The van der Waals surface area contributed by atoms with Crippen molar-refractivity contribution in [3.8, 4) is 0 Å². The predicted octanol–water partition coefficient (Wildman–Crippen LogP) is 1.72. The molecule has 4 rings (SSSR count). The number of carbonyl (C=O) groups excluding carboxylic acids is 1. The normalized spacial score (nSPS) is 31.0. The highest BCUT2D eigenvalue weighted by Gasteiger charge is 2.55. The van der Waals surface area contributed by atoms with Crippen LogP contribution in [-0.4, -0.2) is 67.4 Å². The van der Waals surface area contributed by atoms with Crippen molar-refractivity contribution < 1.29 is 14.3 Å². The maximum Gasteiger partial charge on any atom is 0.320 e. The Morgan fingerprint density at radius 3 is 2.57 bits per heavy atom. The monoisotopic (exact) mass is 294 g/mol. The molecule has 0 aromatic heterocycles. The number of hydrogen-bond donors (Lipinski definition) is 0. The van der Waals surface area contributed by atoms with E-state index in [0.29, 0.717) is 5.92 Å². The quantitative estimate of drug-likeness (QED) is 0.793. The number of urea groups is 1. The fourth-order valence-corrected chi connectivity index (χ4v) is 3.88. The number of hydrogen-bond acceptors (Lipinski definition) is 3. The van der Waals surface area contributed by atoms with Crippen molar-refractivity contribution in [2.24, 2.45) is 11.8 Å². The molecule has 1 saturated carbocycles. The molecule has 0 N–H and O–H groups in total. The van der Waals surface area contributed by atoms with E-state index in [1.807, 2.05) is 9.80 Å². The van der Waals surface area contributed by atoms with Crippen LogP contribution in [0.1, 0.15) is 32.1 Å². The van der Waals surface area contributed by atoms with Crippen molar-refractivity contribution in [1.82, 2.24) is 9.80 Å². The van der Waals surface area contributed by atoms with Crippen LogP contribution in [-0.2, 0) is 9.47 Å². The lowest BCUT2D eigenvalue weighted by Crippen LogP contribution is -2.68. The molecule has 0 aromatic rings. The molecular formula is C16H26N2O3. The predicted molar refractivity (Wildman–Crippen MR) is 78.1 cm³/mol. The van der Waals surface area contributed by atoms with Gasteiger partial charge in [0.25, 0.3) is 0 Å². The molecule has 1 unspecified atom stereocenters. The summed E-state index contributed by atoms with van der Waals surface area (Å²) in [7, 11) is 0. The van der Waals surface area contributed by atoms with Gasteiger partial charge in [-0.25, -0.2) is 4.79 Å². The van der Waals surface area contributed by atoms with Gasteiger partial charge < -0.3 is 19.3 Å². The number of rotatable bonds is 4. The van der Waals surface area contributed by atoms with E-state index in [-0.39, 0.29) is 11.6 Å². The average Bonchev–Trinajstić information content (AvgIpc) is 2.96. The van der Waals surface area contributed by atoms with Crippen molar-refractivity contribution in [3.63, 3.8) is 0 Å². The van der Waals surface area contributed by atoms with Gasteiger partial charge in [-0.2, -0.15) is 0 Å². The van der Waals surface area contributed by atoms with Crippen LogP contribution in [0.15, 0.2) is 0 Å². The summed E-state index contributed by atoms with van der Waals surface area (Å²) >= 11 is 0. The first-order valence-electron chi connectivity index (χ1n) is 8.52. The minimum atomic E-state index is -0.0983. The van der Waals surface area contributed by atoms with E-state index >= 15 is 0 Å². The van der Waals surface area contributed by atoms with Gasteiger partial charge in [-0.05, 0) is 38.0 Å². The van der Waals surface area contributed by atoms with E-state index in [4.69, 9.17) is 9.47 Å². The van der Waals surface area contributed by atoms with E-state index in [1.165, 1.54) is 12.8 Å².